The molecule has 2 heterocycles. The van der Waals surface area contributed by atoms with E-state index < -0.39 is 0 Å². The molecule has 0 aromatic rings. The molecule has 2 unspecified atom stereocenters. The highest BCUT2D eigenvalue weighted by Gasteiger charge is 2.23. The summed E-state index contributed by atoms with van der Waals surface area (Å²) in [5, 5.41) is 19.3. The molecular weight excluding hydrogens is 208 g/mol. The third-order valence-corrected chi connectivity index (χ3v) is 3.29. The van der Waals surface area contributed by atoms with Crippen molar-refractivity contribution in [1.82, 2.24) is 9.80 Å². The summed E-state index contributed by atoms with van der Waals surface area (Å²) < 4.78 is 5.26. The number of aliphatic hydroxyl groups is 2. The van der Waals surface area contributed by atoms with E-state index in [4.69, 9.17) is 4.74 Å². The number of ether oxygens (including phenoxy) is 1. The van der Waals surface area contributed by atoms with E-state index in [0.29, 0.717) is 13.1 Å². The average Bonchev–Trinajstić information content (AvgIpc) is 2.65. The van der Waals surface area contributed by atoms with Crippen LogP contribution in [0.2, 0.25) is 0 Å². The highest BCUT2D eigenvalue weighted by molar-refractivity contribution is 4.78. The molecule has 2 fully saturated rings. The Morgan fingerprint density at radius 3 is 2.44 bits per heavy atom. The molecule has 0 aromatic heterocycles. The maximum Gasteiger partial charge on any atom is 0.0793 e. The van der Waals surface area contributed by atoms with Crippen LogP contribution in [0.4, 0.5) is 0 Å². The van der Waals surface area contributed by atoms with Gasteiger partial charge in [0, 0.05) is 39.3 Å². The van der Waals surface area contributed by atoms with Crippen molar-refractivity contribution in [3.05, 3.63) is 0 Å². The van der Waals surface area contributed by atoms with Gasteiger partial charge in [-0.15, -0.1) is 0 Å². The largest absolute Gasteiger partial charge is 0.392 e. The standard InChI is InChI=1S/C11H22N2O3/c14-10-1-2-13(7-10)9-11(15)8-12-3-5-16-6-4-12/h10-11,14-15H,1-9H2. The zero-order valence-electron chi connectivity index (χ0n) is 9.72. The fraction of sp³-hybridized carbons (Fsp3) is 1.00. The molecule has 0 aliphatic carbocycles. The van der Waals surface area contributed by atoms with Crippen LogP contribution in [0.5, 0.6) is 0 Å². The third kappa shape index (κ3) is 3.68. The summed E-state index contributed by atoms with van der Waals surface area (Å²) in [5.74, 6) is 0. The molecule has 0 amide bonds. The zero-order valence-corrected chi connectivity index (χ0v) is 9.72. The van der Waals surface area contributed by atoms with E-state index in [2.05, 4.69) is 9.80 Å². The fourth-order valence-corrected chi connectivity index (χ4v) is 2.42. The van der Waals surface area contributed by atoms with Gasteiger partial charge in [-0.1, -0.05) is 0 Å². The van der Waals surface area contributed by atoms with Crippen molar-refractivity contribution in [2.24, 2.45) is 0 Å². The summed E-state index contributed by atoms with van der Waals surface area (Å²) in [6, 6.07) is 0. The summed E-state index contributed by atoms with van der Waals surface area (Å²) in [6.45, 7) is 6.38. The summed E-state index contributed by atoms with van der Waals surface area (Å²) in [5.41, 5.74) is 0. The minimum absolute atomic E-state index is 0.199. The predicted octanol–water partition coefficient (Wildman–Crippen LogP) is -1.25. The van der Waals surface area contributed by atoms with Gasteiger partial charge in [0.2, 0.25) is 0 Å². The van der Waals surface area contributed by atoms with Gasteiger partial charge in [-0.3, -0.25) is 9.80 Å². The molecule has 2 rings (SSSR count). The number of rotatable bonds is 4. The van der Waals surface area contributed by atoms with Crippen molar-refractivity contribution in [3.8, 4) is 0 Å². The lowest BCUT2D eigenvalue weighted by molar-refractivity contribution is 0.00785. The van der Waals surface area contributed by atoms with Crippen molar-refractivity contribution >= 4 is 0 Å². The highest BCUT2D eigenvalue weighted by Crippen LogP contribution is 2.09. The molecule has 0 bridgehead atoms. The van der Waals surface area contributed by atoms with E-state index in [-0.39, 0.29) is 12.2 Å². The Morgan fingerprint density at radius 1 is 1.12 bits per heavy atom. The first-order chi connectivity index (χ1) is 7.74. The van der Waals surface area contributed by atoms with Gasteiger partial charge in [-0.25, -0.2) is 0 Å². The molecule has 2 aliphatic rings. The van der Waals surface area contributed by atoms with Gasteiger partial charge < -0.3 is 14.9 Å². The van der Waals surface area contributed by atoms with E-state index in [0.717, 1.165) is 45.8 Å². The van der Waals surface area contributed by atoms with Gasteiger partial charge in [0.05, 0.1) is 25.4 Å². The molecule has 5 nitrogen and oxygen atoms in total. The molecule has 2 atom stereocenters. The first kappa shape index (κ1) is 12.3. The topological polar surface area (TPSA) is 56.2 Å². The second-order valence-corrected chi connectivity index (χ2v) is 4.77. The molecule has 16 heavy (non-hydrogen) atoms. The van der Waals surface area contributed by atoms with Gasteiger partial charge in [0.25, 0.3) is 0 Å². The maximum atomic E-state index is 9.94. The zero-order chi connectivity index (χ0) is 11.4. The van der Waals surface area contributed by atoms with Crippen LogP contribution in [0.3, 0.4) is 0 Å². The Kier molecular flexibility index (Phi) is 4.55. The van der Waals surface area contributed by atoms with Crippen LogP contribution in [0.1, 0.15) is 6.42 Å². The fourth-order valence-electron chi connectivity index (χ4n) is 2.42. The van der Waals surface area contributed by atoms with Crippen LogP contribution in [0.25, 0.3) is 0 Å². The Labute approximate surface area is 96.6 Å². The maximum absolute atomic E-state index is 9.94. The van der Waals surface area contributed by atoms with E-state index in [1.165, 1.54) is 0 Å². The van der Waals surface area contributed by atoms with Gasteiger partial charge >= 0.3 is 0 Å². The number of nitrogens with zero attached hydrogens (tertiary/aromatic N) is 2. The first-order valence-corrected chi connectivity index (χ1v) is 6.12. The first-order valence-electron chi connectivity index (χ1n) is 6.12. The molecule has 2 saturated heterocycles. The van der Waals surface area contributed by atoms with E-state index in [1.54, 1.807) is 0 Å². The second kappa shape index (κ2) is 5.93. The summed E-state index contributed by atoms with van der Waals surface area (Å²) in [6.07, 6.45) is 0.323. The molecule has 2 aliphatic heterocycles. The van der Waals surface area contributed by atoms with E-state index in [1.807, 2.05) is 0 Å². The Balaban J connectivity index is 1.65. The minimum atomic E-state index is -0.316. The monoisotopic (exact) mass is 230 g/mol. The lowest BCUT2D eigenvalue weighted by Crippen LogP contribution is -2.44. The van der Waals surface area contributed by atoms with Gasteiger partial charge in [0.15, 0.2) is 0 Å². The molecular formula is C11H22N2O3. The summed E-state index contributed by atoms with van der Waals surface area (Å²) in [7, 11) is 0. The van der Waals surface area contributed by atoms with Crippen molar-refractivity contribution in [3.63, 3.8) is 0 Å². The van der Waals surface area contributed by atoms with Crippen molar-refractivity contribution < 1.29 is 14.9 Å². The number of aliphatic hydroxyl groups excluding tert-OH is 2. The number of β-amino-alcohol motifs (C(OH)–C–C–N with tert-alkyl or cyclic N) is 2. The van der Waals surface area contributed by atoms with Crippen LogP contribution < -0.4 is 0 Å². The van der Waals surface area contributed by atoms with E-state index in [9.17, 15) is 10.2 Å². The van der Waals surface area contributed by atoms with Crippen molar-refractivity contribution in [2.45, 2.75) is 18.6 Å². The van der Waals surface area contributed by atoms with Crippen LogP contribution in [0.15, 0.2) is 0 Å². The Morgan fingerprint density at radius 2 is 1.81 bits per heavy atom. The summed E-state index contributed by atoms with van der Waals surface area (Å²) >= 11 is 0. The Hall–Kier alpha value is -0.200. The number of hydrogen-bond acceptors (Lipinski definition) is 5. The quantitative estimate of drug-likeness (QED) is 0.632. The average molecular weight is 230 g/mol. The SMILES string of the molecule is OC1CCN(CC(O)CN2CCOCC2)C1. The van der Waals surface area contributed by atoms with Crippen LogP contribution >= 0.6 is 0 Å². The molecule has 0 saturated carbocycles. The van der Waals surface area contributed by atoms with Crippen LogP contribution in [-0.2, 0) is 4.74 Å². The van der Waals surface area contributed by atoms with Crippen molar-refractivity contribution in [1.29, 1.82) is 0 Å². The predicted molar refractivity (Wildman–Crippen MR) is 60.3 cm³/mol. The second-order valence-electron chi connectivity index (χ2n) is 4.77. The Bertz CT molecular complexity index is 203. The molecule has 0 aromatic carbocycles. The van der Waals surface area contributed by atoms with Crippen molar-refractivity contribution in [2.75, 3.05) is 52.5 Å². The minimum Gasteiger partial charge on any atom is -0.392 e. The van der Waals surface area contributed by atoms with Gasteiger partial charge in [-0.2, -0.15) is 0 Å². The number of likely N-dealkylation sites (tertiary alicyclic amines) is 1. The van der Waals surface area contributed by atoms with Gasteiger partial charge in [0.1, 0.15) is 0 Å². The molecule has 5 heteroatoms. The number of morpholine rings is 1. The molecule has 2 N–H and O–H groups in total. The smallest absolute Gasteiger partial charge is 0.0793 e. The van der Waals surface area contributed by atoms with Gasteiger partial charge in [-0.05, 0) is 6.42 Å². The highest BCUT2D eigenvalue weighted by atomic mass is 16.5. The number of hydrogen-bond donors (Lipinski definition) is 2. The lowest BCUT2D eigenvalue weighted by Gasteiger charge is -2.29. The molecule has 0 radical (unpaired) electrons. The van der Waals surface area contributed by atoms with Crippen LogP contribution in [-0.4, -0.2) is 84.7 Å². The summed E-state index contributed by atoms with van der Waals surface area (Å²) in [4.78, 5) is 4.37. The normalized spacial score (nSPS) is 30.8. The molecule has 0 spiro atoms. The lowest BCUT2D eigenvalue weighted by atomic mass is 10.3. The van der Waals surface area contributed by atoms with Crippen LogP contribution in [0, 0.1) is 0 Å². The third-order valence-electron chi connectivity index (χ3n) is 3.29. The molecule has 94 valence electrons. The van der Waals surface area contributed by atoms with E-state index >= 15 is 0 Å².